The molecule has 1 atom stereocenters. The third-order valence-electron chi connectivity index (χ3n) is 3.75. The van der Waals surface area contributed by atoms with Gasteiger partial charge < -0.3 is 9.64 Å². The third kappa shape index (κ3) is 3.74. The summed E-state index contributed by atoms with van der Waals surface area (Å²) in [5.41, 5.74) is 3.43. The number of amides is 1. The molecule has 1 aliphatic rings. The Bertz CT molecular complexity index is 542. The van der Waals surface area contributed by atoms with E-state index < -0.39 is 6.10 Å². The molecular formula is C17H22BrNO2. The van der Waals surface area contributed by atoms with E-state index in [1.807, 2.05) is 11.8 Å². The fourth-order valence-electron chi connectivity index (χ4n) is 2.76. The van der Waals surface area contributed by atoms with Crippen molar-refractivity contribution in [3.8, 4) is 0 Å². The van der Waals surface area contributed by atoms with Crippen LogP contribution >= 0.6 is 15.9 Å². The monoisotopic (exact) mass is 351 g/mol. The van der Waals surface area contributed by atoms with Crippen molar-refractivity contribution in [1.82, 2.24) is 0 Å². The lowest BCUT2D eigenvalue weighted by atomic mass is 9.98. The number of anilines is 1. The van der Waals surface area contributed by atoms with Crippen LogP contribution in [-0.4, -0.2) is 25.2 Å². The maximum Gasteiger partial charge on any atom is 0.255 e. The van der Waals surface area contributed by atoms with Crippen LogP contribution in [0.2, 0.25) is 0 Å². The SMILES string of the molecule is C=CCCOC(C)C(=O)N1CCCc2cc(Br)cc(C)c21. The summed E-state index contributed by atoms with van der Waals surface area (Å²) in [5.74, 6) is 0.0467. The molecule has 114 valence electrons. The van der Waals surface area contributed by atoms with Gasteiger partial charge in [-0.15, -0.1) is 6.58 Å². The molecule has 1 amide bonds. The molecule has 1 aromatic carbocycles. The minimum absolute atomic E-state index is 0.0467. The van der Waals surface area contributed by atoms with Gasteiger partial charge in [0.05, 0.1) is 6.61 Å². The van der Waals surface area contributed by atoms with Gasteiger partial charge in [-0.05, 0) is 56.4 Å². The standard InChI is InChI=1S/C17H22BrNO2/c1-4-5-9-21-13(3)17(20)19-8-6-7-14-11-15(18)10-12(2)16(14)19/h4,10-11,13H,1,5-9H2,2-3H3. The molecule has 1 heterocycles. The molecule has 0 fully saturated rings. The minimum Gasteiger partial charge on any atom is -0.368 e. The van der Waals surface area contributed by atoms with Crippen LogP contribution in [0.15, 0.2) is 29.3 Å². The van der Waals surface area contributed by atoms with Crippen LogP contribution in [0.1, 0.15) is 30.9 Å². The Morgan fingerprint density at radius 2 is 2.33 bits per heavy atom. The molecular weight excluding hydrogens is 330 g/mol. The van der Waals surface area contributed by atoms with Crippen LogP contribution in [0, 0.1) is 6.92 Å². The van der Waals surface area contributed by atoms with Crippen LogP contribution in [0.3, 0.4) is 0 Å². The molecule has 2 rings (SSSR count). The van der Waals surface area contributed by atoms with E-state index in [0.29, 0.717) is 6.61 Å². The van der Waals surface area contributed by atoms with E-state index in [4.69, 9.17) is 4.74 Å². The van der Waals surface area contributed by atoms with Crippen molar-refractivity contribution in [3.63, 3.8) is 0 Å². The van der Waals surface area contributed by atoms with Gasteiger partial charge in [-0.3, -0.25) is 4.79 Å². The van der Waals surface area contributed by atoms with E-state index >= 15 is 0 Å². The maximum atomic E-state index is 12.7. The van der Waals surface area contributed by atoms with Gasteiger partial charge in [0.25, 0.3) is 5.91 Å². The van der Waals surface area contributed by atoms with Gasteiger partial charge in [-0.2, -0.15) is 0 Å². The molecule has 0 spiro atoms. The van der Waals surface area contributed by atoms with Crippen LogP contribution in [0.25, 0.3) is 0 Å². The third-order valence-corrected chi connectivity index (χ3v) is 4.20. The first kappa shape index (κ1) is 16.2. The first-order chi connectivity index (χ1) is 10.0. The van der Waals surface area contributed by atoms with Gasteiger partial charge in [0, 0.05) is 16.7 Å². The number of nitrogens with zero attached hydrogens (tertiary/aromatic N) is 1. The highest BCUT2D eigenvalue weighted by Gasteiger charge is 2.28. The molecule has 1 aliphatic heterocycles. The average molecular weight is 352 g/mol. The van der Waals surface area contributed by atoms with E-state index in [2.05, 4.69) is 41.6 Å². The summed E-state index contributed by atoms with van der Waals surface area (Å²) in [6.45, 7) is 8.85. The number of hydrogen-bond donors (Lipinski definition) is 0. The zero-order valence-corrected chi connectivity index (χ0v) is 14.3. The molecule has 3 nitrogen and oxygen atoms in total. The number of ether oxygens (including phenoxy) is 1. The lowest BCUT2D eigenvalue weighted by Crippen LogP contribution is -2.42. The molecule has 0 aliphatic carbocycles. The highest BCUT2D eigenvalue weighted by molar-refractivity contribution is 9.10. The fourth-order valence-corrected chi connectivity index (χ4v) is 3.38. The molecule has 4 heteroatoms. The molecule has 21 heavy (non-hydrogen) atoms. The highest BCUT2D eigenvalue weighted by atomic mass is 79.9. The number of carbonyl (C=O) groups excluding carboxylic acids is 1. The first-order valence-corrected chi connectivity index (χ1v) is 8.16. The smallest absolute Gasteiger partial charge is 0.255 e. The average Bonchev–Trinajstić information content (AvgIpc) is 2.45. The maximum absolute atomic E-state index is 12.7. The zero-order chi connectivity index (χ0) is 15.4. The Morgan fingerprint density at radius 3 is 3.05 bits per heavy atom. The predicted octanol–water partition coefficient (Wildman–Crippen LogP) is 4.02. The number of carbonyl (C=O) groups is 1. The Hall–Kier alpha value is -1.13. The topological polar surface area (TPSA) is 29.5 Å². The second-order valence-electron chi connectivity index (χ2n) is 5.41. The van der Waals surface area contributed by atoms with E-state index in [1.54, 1.807) is 6.08 Å². The zero-order valence-electron chi connectivity index (χ0n) is 12.7. The van der Waals surface area contributed by atoms with Gasteiger partial charge in [0.1, 0.15) is 6.10 Å². The van der Waals surface area contributed by atoms with Crippen molar-refractivity contribution in [2.75, 3.05) is 18.1 Å². The Morgan fingerprint density at radius 1 is 1.57 bits per heavy atom. The summed E-state index contributed by atoms with van der Waals surface area (Å²) in [6.07, 6.45) is 4.16. The van der Waals surface area contributed by atoms with Gasteiger partial charge in [-0.25, -0.2) is 0 Å². The Labute approximate surface area is 135 Å². The van der Waals surface area contributed by atoms with Crippen LogP contribution in [0.5, 0.6) is 0 Å². The molecule has 1 unspecified atom stereocenters. The summed E-state index contributed by atoms with van der Waals surface area (Å²) in [5, 5.41) is 0. The molecule has 0 aromatic heterocycles. The van der Waals surface area contributed by atoms with Gasteiger partial charge in [0.15, 0.2) is 0 Å². The highest BCUT2D eigenvalue weighted by Crippen LogP contribution is 2.34. The van der Waals surface area contributed by atoms with Crippen molar-refractivity contribution in [2.45, 2.75) is 39.2 Å². The van der Waals surface area contributed by atoms with Gasteiger partial charge in [0.2, 0.25) is 0 Å². The number of benzene rings is 1. The van der Waals surface area contributed by atoms with Crippen molar-refractivity contribution in [1.29, 1.82) is 0 Å². The van der Waals surface area contributed by atoms with Crippen LogP contribution < -0.4 is 4.90 Å². The molecule has 0 bridgehead atoms. The quantitative estimate of drug-likeness (QED) is 0.592. The summed E-state index contributed by atoms with van der Waals surface area (Å²) < 4.78 is 6.68. The molecule has 1 aromatic rings. The van der Waals surface area contributed by atoms with E-state index in [9.17, 15) is 4.79 Å². The van der Waals surface area contributed by atoms with Crippen molar-refractivity contribution < 1.29 is 9.53 Å². The Balaban J connectivity index is 2.19. The second kappa shape index (κ2) is 7.23. The molecule has 0 N–H and O–H groups in total. The second-order valence-corrected chi connectivity index (χ2v) is 6.33. The minimum atomic E-state index is -0.418. The first-order valence-electron chi connectivity index (χ1n) is 7.37. The lowest BCUT2D eigenvalue weighted by Gasteiger charge is -2.33. The van der Waals surface area contributed by atoms with Crippen LogP contribution in [0.4, 0.5) is 5.69 Å². The van der Waals surface area contributed by atoms with Crippen molar-refractivity contribution in [3.05, 3.63) is 40.4 Å². The molecule has 0 saturated carbocycles. The summed E-state index contributed by atoms with van der Waals surface area (Å²) in [6, 6.07) is 4.18. The largest absolute Gasteiger partial charge is 0.368 e. The number of halogens is 1. The number of aryl methyl sites for hydroxylation is 2. The van der Waals surface area contributed by atoms with Gasteiger partial charge >= 0.3 is 0 Å². The van der Waals surface area contributed by atoms with Crippen molar-refractivity contribution >= 4 is 27.5 Å². The van der Waals surface area contributed by atoms with E-state index in [1.165, 1.54) is 5.56 Å². The van der Waals surface area contributed by atoms with Crippen LogP contribution in [-0.2, 0) is 16.0 Å². The van der Waals surface area contributed by atoms with Crippen molar-refractivity contribution in [2.24, 2.45) is 0 Å². The summed E-state index contributed by atoms with van der Waals surface area (Å²) in [7, 11) is 0. The van der Waals surface area contributed by atoms with E-state index in [-0.39, 0.29) is 5.91 Å². The normalized spacial score (nSPS) is 15.5. The van der Waals surface area contributed by atoms with Gasteiger partial charge in [-0.1, -0.05) is 22.0 Å². The number of hydrogen-bond acceptors (Lipinski definition) is 2. The summed E-state index contributed by atoms with van der Waals surface area (Å²) >= 11 is 3.53. The lowest BCUT2D eigenvalue weighted by molar-refractivity contribution is -0.129. The predicted molar refractivity (Wildman–Crippen MR) is 89.8 cm³/mol. The molecule has 0 saturated heterocycles. The summed E-state index contributed by atoms with van der Waals surface area (Å²) in [4.78, 5) is 14.5. The molecule has 0 radical (unpaired) electrons. The number of fused-ring (bicyclic) bond motifs is 1. The fraction of sp³-hybridized carbons (Fsp3) is 0.471. The number of rotatable bonds is 5. The van der Waals surface area contributed by atoms with E-state index in [0.717, 1.165) is 41.5 Å². The Kier molecular flexibility index (Phi) is 5.59.